The number of fused-ring (bicyclic) bond motifs is 1. The van der Waals surface area contributed by atoms with Crippen LogP contribution in [0.4, 0.5) is 5.69 Å². The molecule has 38 heavy (non-hydrogen) atoms. The number of anilines is 1. The summed E-state index contributed by atoms with van der Waals surface area (Å²) < 4.78 is 13.1. The van der Waals surface area contributed by atoms with Gasteiger partial charge in [-0.05, 0) is 81.5 Å². The van der Waals surface area contributed by atoms with E-state index in [9.17, 15) is 9.59 Å². The van der Waals surface area contributed by atoms with Gasteiger partial charge in [-0.1, -0.05) is 35.6 Å². The lowest BCUT2D eigenvalue weighted by Crippen LogP contribution is -2.40. The molecule has 1 saturated heterocycles. The van der Waals surface area contributed by atoms with Crippen LogP contribution >= 0.6 is 11.3 Å². The Kier molecular flexibility index (Phi) is 7.51. The van der Waals surface area contributed by atoms with Gasteiger partial charge in [0.1, 0.15) is 5.75 Å². The molecule has 0 aliphatic carbocycles. The molecule has 2 aromatic carbocycles. The van der Waals surface area contributed by atoms with Gasteiger partial charge in [0, 0.05) is 18.8 Å². The lowest BCUT2D eigenvalue weighted by Gasteiger charge is -2.28. The molecule has 0 N–H and O–H groups in total. The van der Waals surface area contributed by atoms with Crippen molar-refractivity contribution in [2.45, 2.75) is 52.2 Å². The summed E-state index contributed by atoms with van der Waals surface area (Å²) >= 11 is 1.33. The number of nitrogens with zero attached hydrogens (tertiary/aromatic N) is 3. The molecule has 2 aliphatic heterocycles. The Morgan fingerprint density at radius 2 is 1.74 bits per heavy atom. The highest BCUT2D eigenvalue weighted by atomic mass is 32.1. The third-order valence-electron chi connectivity index (χ3n) is 6.93. The van der Waals surface area contributed by atoms with E-state index in [1.807, 2.05) is 44.2 Å². The molecule has 1 atom stereocenters. The molecule has 0 amide bonds. The monoisotopic (exact) mass is 531 g/mol. The predicted octanol–water partition coefficient (Wildman–Crippen LogP) is 4.19. The van der Waals surface area contributed by atoms with E-state index in [1.165, 1.54) is 36.3 Å². The van der Waals surface area contributed by atoms with Gasteiger partial charge in [0.2, 0.25) is 0 Å². The molecule has 3 heterocycles. The maximum Gasteiger partial charge on any atom is 0.338 e. The smallest absolute Gasteiger partial charge is 0.338 e. The molecule has 1 aromatic heterocycles. The molecule has 0 saturated carbocycles. The highest BCUT2D eigenvalue weighted by Crippen LogP contribution is 2.32. The van der Waals surface area contributed by atoms with Crippen molar-refractivity contribution in [1.29, 1.82) is 0 Å². The average Bonchev–Trinajstić information content (AvgIpc) is 3.22. The number of thiazole rings is 1. The molecule has 0 bridgehead atoms. The van der Waals surface area contributed by atoms with E-state index in [-0.39, 0.29) is 11.7 Å². The number of hydrogen-bond acceptors (Lipinski definition) is 7. The Balaban J connectivity index is 1.58. The topological polar surface area (TPSA) is 73.1 Å². The molecule has 0 unspecified atom stereocenters. The molecule has 8 heteroatoms. The zero-order valence-electron chi connectivity index (χ0n) is 22.3. The first kappa shape index (κ1) is 26.0. The van der Waals surface area contributed by atoms with Crippen molar-refractivity contribution >= 4 is 29.1 Å². The molecule has 3 aromatic rings. The lowest BCUT2D eigenvalue weighted by atomic mass is 9.96. The van der Waals surface area contributed by atoms with E-state index in [1.54, 1.807) is 18.6 Å². The van der Waals surface area contributed by atoms with Gasteiger partial charge in [0.15, 0.2) is 4.80 Å². The first-order chi connectivity index (χ1) is 18.4. The van der Waals surface area contributed by atoms with Crippen LogP contribution in [0.2, 0.25) is 0 Å². The number of benzene rings is 2. The lowest BCUT2D eigenvalue weighted by molar-refractivity contribution is -0.143. The third-order valence-corrected chi connectivity index (χ3v) is 7.91. The SMILES string of the molecule is COc1ccc([C@H]2C(C(=O)OC(C)C)=C(C)N=c3s/c(=C/c4ccc(N5CCCCC5)cc4)c(=O)n32)cc1. The third kappa shape index (κ3) is 5.18. The number of piperidine rings is 1. The molecule has 1 fully saturated rings. The standard InChI is InChI=1S/C30H33N3O4S/c1-19(2)37-29(35)26-20(3)31-30-33(27(26)22-10-14-24(36-4)15-11-22)28(34)25(38-30)18-21-8-12-23(13-9-21)32-16-6-5-7-17-32/h8-15,18-19,27H,5-7,16-17H2,1-4H3/b25-18+/t27-/m0/s1. The zero-order chi connectivity index (χ0) is 26.8. The number of methoxy groups -OCH3 is 1. The first-order valence-corrected chi connectivity index (χ1v) is 13.9. The second kappa shape index (κ2) is 11.0. The van der Waals surface area contributed by atoms with Crippen LogP contribution in [-0.4, -0.2) is 36.8 Å². The van der Waals surface area contributed by atoms with Crippen molar-refractivity contribution in [3.05, 3.63) is 90.6 Å². The van der Waals surface area contributed by atoms with Gasteiger partial charge in [-0.25, -0.2) is 9.79 Å². The Labute approximate surface area is 226 Å². The molecule has 7 nitrogen and oxygen atoms in total. The van der Waals surface area contributed by atoms with Crippen LogP contribution in [0.1, 0.15) is 57.2 Å². The van der Waals surface area contributed by atoms with Crippen molar-refractivity contribution in [2.24, 2.45) is 4.99 Å². The van der Waals surface area contributed by atoms with Crippen LogP contribution in [0.5, 0.6) is 5.75 Å². The number of carbonyl (C=O) groups is 1. The molecule has 2 aliphatic rings. The first-order valence-electron chi connectivity index (χ1n) is 13.1. The summed E-state index contributed by atoms with van der Waals surface area (Å²) in [6, 6.07) is 15.1. The predicted molar refractivity (Wildman–Crippen MR) is 150 cm³/mol. The van der Waals surface area contributed by atoms with Crippen LogP contribution in [0, 0.1) is 0 Å². The van der Waals surface area contributed by atoms with Gasteiger partial charge < -0.3 is 14.4 Å². The average molecular weight is 532 g/mol. The van der Waals surface area contributed by atoms with E-state index in [2.05, 4.69) is 34.2 Å². The van der Waals surface area contributed by atoms with Crippen molar-refractivity contribution in [1.82, 2.24) is 4.57 Å². The minimum absolute atomic E-state index is 0.183. The summed E-state index contributed by atoms with van der Waals surface area (Å²) in [4.78, 5) is 34.7. The largest absolute Gasteiger partial charge is 0.497 e. The van der Waals surface area contributed by atoms with E-state index in [4.69, 9.17) is 9.47 Å². The van der Waals surface area contributed by atoms with Gasteiger partial charge in [-0.15, -0.1) is 0 Å². The Bertz CT molecular complexity index is 1530. The van der Waals surface area contributed by atoms with Crippen LogP contribution in [0.3, 0.4) is 0 Å². The van der Waals surface area contributed by atoms with Crippen LogP contribution in [-0.2, 0) is 9.53 Å². The number of ether oxygens (including phenoxy) is 2. The number of aromatic nitrogens is 1. The highest BCUT2D eigenvalue weighted by molar-refractivity contribution is 7.07. The van der Waals surface area contributed by atoms with Gasteiger partial charge >= 0.3 is 5.97 Å². The van der Waals surface area contributed by atoms with Gasteiger partial charge in [-0.3, -0.25) is 9.36 Å². The number of rotatable bonds is 6. The number of esters is 1. The van der Waals surface area contributed by atoms with Crippen LogP contribution in [0.15, 0.2) is 69.6 Å². The highest BCUT2D eigenvalue weighted by Gasteiger charge is 2.33. The summed E-state index contributed by atoms with van der Waals surface area (Å²) in [6.45, 7) is 7.59. The summed E-state index contributed by atoms with van der Waals surface area (Å²) in [5.41, 5.74) is 3.69. The van der Waals surface area contributed by atoms with Gasteiger partial charge in [0.05, 0.1) is 35.1 Å². The van der Waals surface area contributed by atoms with Crippen molar-refractivity contribution in [3.8, 4) is 5.75 Å². The van der Waals surface area contributed by atoms with Crippen LogP contribution < -0.4 is 24.5 Å². The van der Waals surface area contributed by atoms with Crippen molar-refractivity contribution < 1.29 is 14.3 Å². The Morgan fingerprint density at radius 3 is 2.37 bits per heavy atom. The van der Waals surface area contributed by atoms with E-state index >= 15 is 0 Å². The Morgan fingerprint density at radius 1 is 1.05 bits per heavy atom. The number of carbonyl (C=O) groups excluding carboxylic acids is 1. The fourth-order valence-electron chi connectivity index (χ4n) is 5.05. The van der Waals surface area contributed by atoms with Gasteiger partial charge in [-0.2, -0.15) is 0 Å². The molecule has 0 spiro atoms. The van der Waals surface area contributed by atoms with E-state index < -0.39 is 12.0 Å². The molecular formula is C30H33N3O4S. The molecular weight excluding hydrogens is 498 g/mol. The number of allylic oxidation sites excluding steroid dienone is 1. The summed E-state index contributed by atoms with van der Waals surface area (Å²) in [5, 5.41) is 0. The second-order valence-corrected chi connectivity index (χ2v) is 11.0. The van der Waals surface area contributed by atoms with Crippen molar-refractivity contribution in [2.75, 3.05) is 25.1 Å². The van der Waals surface area contributed by atoms with Gasteiger partial charge in [0.25, 0.3) is 5.56 Å². The molecule has 5 rings (SSSR count). The van der Waals surface area contributed by atoms with Crippen molar-refractivity contribution in [3.63, 3.8) is 0 Å². The van der Waals surface area contributed by atoms with E-state index in [0.717, 1.165) is 24.2 Å². The summed E-state index contributed by atoms with van der Waals surface area (Å²) in [7, 11) is 1.60. The number of hydrogen-bond donors (Lipinski definition) is 0. The Hall–Kier alpha value is -3.65. The molecule has 198 valence electrons. The zero-order valence-corrected chi connectivity index (χ0v) is 23.1. The fourth-order valence-corrected chi connectivity index (χ4v) is 6.09. The summed E-state index contributed by atoms with van der Waals surface area (Å²) in [6.07, 6.45) is 5.36. The fraction of sp³-hybridized carbons (Fsp3) is 0.367. The maximum absolute atomic E-state index is 13.8. The van der Waals surface area contributed by atoms with E-state index in [0.29, 0.717) is 26.4 Å². The minimum Gasteiger partial charge on any atom is -0.497 e. The minimum atomic E-state index is -0.646. The second-order valence-electron chi connectivity index (χ2n) is 9.95. The maximum atomic E-state index is 13.8. The summed E-state index contributed by atoms with van der Waals surface area (Å²) in [5.74, 6) is 0.228. The molecule has 0 radical (unpaired) electrons. The normalized spacial score (nSPS) is 17.9. The van der Waals surface area contributed by atoms with Crippen LogP contribution in [0.25, 0.3) is 6.08 Å². The quantitative estimate of drug-likeness (QED) is 0.446.